The zero-order valence-electron chi connectivity index (χ0n) is 12.0. The summed E-state index contributed by atoms with van der Waals surface area (Å²) >= 11 is 0. The normalized spacial score (nSPS) is 18.3. The predicted octanol–water partition coefficient (Wildman–Crippen LogP) is 2.99. The number of aliphatic hydroxyl groups excluding tert-OH is 1. The number of ether oxygens (including phenoxy) is 1. The first-order valence-electron chi connectivity index (χ1n) is 7.28. The van der Waals surface area contributed by atoms with Crippen molar-refractivity contribution in [2.45, 2.75) is 32.3 Å². The van der Waals surface area contributed by atoms with Crippen LogP contribution in [0.4, 0.5) is 5.69 Å². The molecular weight excluding hydrogens is 238 g/mol. The summed E-state index contributed by atoms with van der Waals surface area (Å²) in [6.07, 6.45) is 2.67. The Bertz CT molecular complexity index is 388. The van der Waals surface area contributed by atoms with Crippen LogP contribution in [0.1, 0.15) is 37.9 Å². The van der Waals surface area contributed by atoms with Crippen molar-refractivity contribution < 1.29 is 9.84 Å². The minimum absolute atomic E-state index is 0.367. The molecule has 1 aromatic rings. The number of anilines is 1. The van der Waals surface area contributed by atoms with Crippen molar-refractivity contribution in [1.82, 2.24) is 0 Å². The largest absolute Gasteiger partial charge is 0.388 e. The van der Waals surface area contributed by atoms with Gasteiger partial charge in [0, 0.05) is 38.1 Å². The molecule has 0 radical (unpaired) electrons. The van der Waals surface area contributed by atoms with E-state index in [9.17, 15) is 5.11 Å². The highest BCUT2D eigenvalue weighted by Gasteiger charge is 2.18. The Labute approximate surface area is 116 Å². The molecule has 0 bridgehead atoms. The number of nitrogens with zero attached hydrogens (tertiary/aromatic N) is 1. The van der Waals surface area contributed by atoms with Crippen molar-refractivity contribution in [3.63, 3.8) is 0 Å². The first-order valence-corrected chi connectivity index (χ1v) is 7.28. The molecule has 1 aliphatic heterocycles. The van der Waals surface area contributed by atoms with E-state index in [4.69, 9.17) is 4.74 Å². The van der Waals surface area contributed by atoms with Gasteiger partial charge in [-0.05, 0) is 31.2 Å². The maximum atomic E-state index is 10.1. The summed E-state index contributed by atoms with van der Waals surface area (Å²) in [5.74, 6) is 0.700. The Balaban J connectivity index is 2.07. The Hall–Kier alpha value is -1.06. The van der Waals surface area contributed by atoms with Crippen molar-refractivity contribution in [2.24, 2.45) is 5.92 Å². The van der Waals surface area contributed by atoms with E-state index in [1.165, 1.54) is 0 Å². The lowest BCUT2D eigenvalue weighted by Gasteiger charge is -2.30. The van der Waals surface area contributed by atoms with Gasteiger partial charge in [0.25, 0.3) is 0 Å². The minimum Gasteiger partial charge on any atom is -0.388 e. The van der Waals surface area contributed by atoms with Gasteiger partial charge in [-0.3, -0.25) is 0 Å². The topological polar surface area (TPSA) is 32.7 Å². The molecular formula is C16H25NO2. The lowest BCUT2D eigenvalue weighted by atomic mass is 9.98. The van der Waals surface area contributed by atoms with E-state index in [2.05, 4.69) is 18.0 Å². The van der Waals surface area contributed by atoms with Crippen LogP contribution in [0, 0.1) is 5.92 Å². The number of benzene rings is 1. The fourth-order valence-corrected chi connectivity index (χ4v) is 2.75. The van der Waals surface area contributed by atoms with E-state index in [1.54, 1.807) is 0 Å². The van der Waals surface area contributed by atoms with Crippen LogP contribution in [0.3, 0.4) is 0 Å². The Morgan fingerprint density at radius 2 is 2.00 bits per heavy atom. The highest BCUT2D eigenvalue weighted by Crippen LogP contribution is 2.28. The monoisotopic (exact) mass is 263 g/mol. The standard InChI is InChI=1S/C16H25NO2/c1-3-16(18)14-6-4-5-7-15(14)17(2)12-13-8-10-19-11-9-13/h4-7,13,16,18H,3,8-12H2,1-2H3/t16-/m1/s1. The van der Waals surface area contributed by atoms with Gasteiger partial charge in [-0.1, -0.05) is 25.1 Å². The number of aliphatic hydroxyl groups is 1. The summed E-state index contributed by atoms with van der Waals surface area (Å²) in [5, 5.41) is 10.1. The quantitative estimate of drug-likeness (QED) is 0.886. The summed E-state index contributed by atoms with van der Waals surface area (Å²) < 4.78 is 5.41. The van der Waals surface area contributed by atoms with Crippen LogP contribution in [0.2, 0.25) is 0 Å². The minimum atomic E-state index is -0.367. The fourth-order valence-electron chi connectivity index (χ4n) is 2.75. The van der Waals surface area contributed by atoms with Crippen LogP contribution >= 0.6 is 0 Å². The molecule has 106 valence electrons. The number of para-hydroxylation sites is 1. The molecule has 0 amide bonds. The molecule has 2 rings (SSSR count). The van der Waals surface area contributed by atoms with Crippen LogP contribution in [-0.2, 0) is 4.74 Å². The van der Waals surface area contributed by atoms with Crippen molar-refractivity contribution >= 4 is 5.69 Å². The molecule has 0 saturated carbocycles. The average molecular weight is 263 g/mol. The lowest BCUT2D eigenvalue weighted by Crippen LogP contribution is -2.30. The second-order valence-electron chi connectivity index (χ2n) is 5.42. The second kappa shape index (κ2) is 6.92. The molecule has 1 fully saturated rings. The first kappa shape index (κ1) is 14.4. The maximum Gasteiger partial charge on any atom is 0.0807 e. The zero-order chi connectivity index (χ0) is 13.7. The zero-order valence-corrected chi connectivity index (χ0v) is 12.0. The summed E-state index contributed by atoms with van der Waals surface area (Å²) in [4.78, 5) is 2.28. The van der Waals surface area contributed by atoms with Crippen molar-refractivity contribution in [1.29, 1.82) is 0 Å². The highest BCUT2D eigenvalue weighted by atomic mass is 16.5. The summed E-state index contributed by atoms with van der Waals surface area (Å²) in [6.45, 7) is 4.83. The molecule has 0 aliphatic carbocycles. The molecule has 3 heteroatoms. The molecule has 0 spiro atoms. The van der Waals surface area contributed by atoms with Gasteiger partial charge in [0.1, 0.15) is 0 Å². The van der Waals surface area contributed by atoms with Crippen molar-refractivity contribution in [3.8, 4) is 0 Å². The summed E-state index contributed by atoms with van der Waals surface area (Å²) in [7, 11) is 2.12. The van der Waals surface area contributed by atoms with Gasteiger partial charge in [0.05, 0.1) is 6.10 Å². The van der Waals surface area contributed by atoms with E-state index in [0.29, 0.717) is 5.92 Å². The Kier molecular flexibility index (Phi) is 5.23. The Morgan fingerprint density at radius 1 is 1.32 bits per heavy atom. The van der Waals surface area contributed by atoms with E-state index in [0.717, 1.165) is 50.3 Å². The van der Waals surface area contributed by atoms with E-state index >= 15 is 0 Å². The van der Waals surface area contributed by atoms with Crippen LogP contribution in [-0.4, -0.2) is 31.9 Å². The van der Waals surface area contributed by atoms with Gasteiger partial charge in [-0.2, -0.15) is 0 Å². The summed E-state index contributed by atoms with van der Waals surface area (Å²) in [5.41, 5.74) is 2.20. The molecule has 1 heterocycles. The smallest absolute Gasteiger partial charge is 0.0807 e. The van der Waals surface area contributed by atoms with Crippen LogP contribution in [0.25, 0.3) is 0 Å². The van der Waals surface area contributed by atoms with E-state index < -0.39 is 0 Å². The molecule has 1 saturated heterocycles. The van der Waals surface area contributed by atoms with Crippen LogP contribution in [0.15, 0.2) is 24.3 Å². The van der Waals surface area contributed by atoms with Gasteiger partial charge in [0.15, 0.2) is 0 Å². The highest BCUT2D eigenvalue weighted by molar-refractivity contribution is 5.54. The van der Waals surface area contributed by atoms with Gasteiger partial charge >= 0.3 is 0 Å². The average Bonchev–Trinajstić information content (AvgIpc) is 2.47. The van der Waals surface area contributed by atoms with Gasteiger partial charge in [-0.25, -0.2) is 0 Å². The number of hydrogen-bond acceptors (Lipinski definition) is 3. The fraction of sp³-hybridized carbons (Fsp3) is 0.625. The SMILES string of the molecule is CC[C@@H](O)c1ccccc1N(C)CC1CCOCC1. The van der Waals surface area contributed by atoms with Crippen LogP contribution < -0.4 is 4.90 Å². The van der Waals surface area contributed by atoms with E-state index in [1.807, 2.05) is 25.1 Å². The van der Waals surface area contributed by atoms with Crippen molar-refractivity contribution in [3.05, 3.63) is 29.8 Å². The molecule has 19 heavy (non-hydrogen) atoms. The van der Waals surface area contributed by atoms with Gasteiger partial charge < -0.3 is 14.7 Å². The molecule has 0 aromatic heterocycles. The molecule has 1 aliphatic rings. The second-order valence-corrected chi connectivity index (χ2v) is 5.42. The molecule has 0 unspecified atom stereocenters. The Morgan fingerprint density at radius 3 is 2.68 bits per heavy atom. The first-order chi connectivity index (χ1) is 9.22. The predicted molar refractivity (Wildman–Crippen MR) is 78.5 cm³/mol. The molecule has 1 aromatic carbocycles. The maximum absolute atomic E-state index is 10.1. The molecule has 1 N–H and O–H groups in total. The number of rotatable bonds is 5. The molecule has 1 atom stereocenters. The molecule has 3 nitrogen and oxygen atoms in total. The third-order valence-corrected chi connectivity index (χ3v) is 3.97. The lowest BCUT2D eigenvalue weighted by molar-refractivity contribution is 0.0685. The van der Waals surface area contributed by atoms with Gasteiger partial charge in [-0.15, -0.1) is 0 Å². The summed E-state index contributed by atoms with van der Waals surface area (Å²) in [6, 6.07) is 8.18. The van der Waals surface area contributed by atoms with Gasteiger partial charge in [0.2, 0.25) is 0 Å². The third-order valence-electron chi connectivity index (χ3n) is 3.97. The van der Waals surface area contributed by atoms with E-state index in [-0.39, 0.29) is 6.10 Å². The van der Waals surface area contributed by atoms with Crippen molar-refractivity contribution in [2.75, 3.05) is 31.7 Å². The van der Waals surface area contributed by atoms with Crippen LogP contribution in [0.5, 0.6) is 0 Å². The third kappa shape index (κ3) is 3.71. The number of hydrogen-bond donors (Lipinski definition) is 1.